The van der Waals surface area contributed by atoms with Gasteiger partial charge in [0.25, 0.3) is 0 Å². The standard InChI is InChI=1S/C14H14N2.H2O/c1-2-16-13-6-4-3-5-11(13)12-9-10(15)7-8-14(12)16;/h3-9H,2,15H2,1H3;1H2. The number of fused-ring (bicyclic) bond motifs is 3. The highest BCUT2D eigenvalue weighted by atomic mass is 16.0. The number of rotatable bonds is 1. The summed E-state index contributed by atoms with van der Waals surface area (Å²) in [4.78, 5) is 0. The zero-order chi connectivity index (χ0) is 11.1. The first kappa shape index (κ1) is 11.5. The topological polar surface area (TPSA) is 62.5 Å². The molecule has 0 aliphatic heterocycles. The summed E-state index contributed by atoms with van der Waals surface area (Å²) in [5, 5.41) is 2.53. The number of para-hydroxylation sites is 1. The fourth-order valence-electron chi connectivity index (χ4n) is 2.41. The predicted octanol–water partition coefficient (Wildman–Crippen LogP) is 2.57. The third-order valence-corrected chi connectivity index (χ3v) is 3.11. The van der Waals surface area contributed by atoms with Gasteiger partial charge in [-0.1, -0.05) is 18.2 Å². The highest BCUT2D eigenvalue weighted by Crippen LogP contribution is 2.29. The molecule has 2 aromatic carbocycles. The van der Waals surface area contributed by atoms with Gasteiger partial charge in [-0.2, -0.15) is 0 Å². The summed E-state index contributed by atoms with van der Waals surface area (Å²) in [6.45, 7) is 3.15. The molecule has 0 bridgehead atoms. The molecule has 0 spiro atoms. The second kappa shape index (κ2) is 4.11. The van der Waals surface area contributed by atoms with Crippen LogP contribution in [-0.4, -0.2) is 10.0 Å². The van der Waals surface area contributed by atoms with Crippen LogP contribution in [0.4, 0.5) is 5.69 Å². The van der Waals surface area contributed by atoms with Gasteiger partial charge in [-0.25, -0.2) is 0 Å². The third-order valence-electron chi connectivity index (χ3n) is 3.11. The molecule has 1 heterocycles. The first-order valence-corrected chi connectivity index (χ1v) is 5.57. The predicted molar refractivity (Wildman–Crippen MR) is 73.1 cm³/mol. The molecule has 4 N–H and O–H groups in total. The van der Waals surface area contributed by atoms with E-state index in [0.717, 1.165) is 12.2 Å². The van der Waals surface area contributed by atoms with Gasteiger partial charge in [0.1, 0.15) is 0 Å². The number of aromatic nitrogens is 1. The summed E-state index contributed by atoms with van der Waals surface area (Å²) in [7, 11) is 0. The molecule has 3 aromatic rings. The minimum absolute atomic E-state index is 0. The Balaban J connectivity index is 0.00000108. The average Bonchev–Trinajstić information content (AvgIpc) is 2.62. The Bertz CT molecular complexity index is 670. The van der Waals surface area contributed by atoms with E-state index in [1.165, 1.54) is 21.8 Å². The quantitative estimate of drug-likeness (QED) is 0.639. The largest absolute Gasteiger partial charge is 0.412 e. The second-order valence-electron chi connectivity index (χ2n) is 4.04. The van der Waals surface area contributed by atoms with Crippen molar-refractivity contribution in [3.05, 3.63) is 42.5 Å². The lowest BCUT2D eigenvalue weighted by atomic mass is 10.1. The van der Waals surface area contributed by atoms with Crippen molar-refractivity contribution in [3.8, 4) is 0 Å². The molecule has 88 valence electrons. The van der Waals surface area contributed by atoms with Crippen molar-refractivity contribution in [1.82, 2.24) is 4.57 Å². The monoisotopic (exact) mass is 228 g/mol. The maximum absolute atomic E-state index is 5.86. The number of benzene rings is 2. The summed E-state index contributed by atoms with van der Waals surface area (Å²) in [5.41, 5.74) is 9.23. The highest BCUT2D eigenvalue weighted by Gasteiger charge is 2.08. The van der Waals surface area contributed by atoms with Crippen LogP contribution in [0.15, 0.2) is 42.5 Å². The highest BCUT2D eigenvalue weighted by molar-refractivity contribution is 6.08. The number of hydrogen-bond donors (Lipinski definition) is 1. The van der Waals surface area contributed by atoms with Gasteiger partial charge < -0.3 is 15.8 Å². The van der Waals surface area contributed by atoms with Gasteiger partial charge in [0.2, 0.25) is 0 Å². The fraction of sp³-hybridized carbons (Fsp3) is 0.143. The maximum Gasteiger partial charge on any atom is 0.0492 e. The second-order valence-corrected chi connectivity index (χ2v) is 4.04. The minimum atomic E-state index is 0. The van der Waals surface area contributed by atoms with Crippen LogP contribution < -0.4 is 5.73 Å². The van der Waals surface area contributed by atoms with E-state index in [2.05, 4.69) is 47.9 Å². The van der Waals surface area contributed by atoms with Crippen LogP contribution in [0.5, 0.6) is 0 Å². The van der Waals surface area contributed by atoms with E-state index in [1.54, 1.807) is 0 Å². The number of nitrogen functional groups attached to an aromatic ring is 1. The molecule has 3 rings (SSSR count). The smallest absolute Gasteiger partial charge is 0.0492 e. The van der Waals surface area contributed by atoms with E-state index in [4.69, 9.17) is 5.73 Å². The Morgan fingerprint density at radius 1 is 1.00 bits per heavy atom. The van der Waals surface area contributed by atoms with Gasteiger partial charge in [0.05, 0.1) is 0 Å². The maximum atomic E-state index is 5.86. The van der Waals surface area contributed by atoms with Crippen LogP contribution in [0.3, 0.4) is 0 Å². The third kappa shape index (κ3) is 1.56. The van der Waals surface area contributed by atoms with E-state index in [1.807, 2.05) is 6.07 Å². The van der Waals surface area contributed by atoms with Crippen LogP contribution in [0, 0.1) is 0 Å². The average molecular weight is 228 g/mol. The molecule has 0 unspecified atom stereocenters. The normalized spacial score (nSPS) is 10.6. The van der Waals surface area contributed by atoms with E-state index in [-0.39, 0.29) is 5.48 Å². The molecule has 0 saturated carbocycles. The van der Waals surface area contributed by atoms with Crippen molar-refractivity contribution in [2.45, 2.75) is 13.5 Å². The molecule has 0 aliphatic rings. The molecular weight excluding hydrogens is 212 g/mol. The van der Waals surface area contributed by atoms with Gasteiger partial charge in [0, 0.05) is 34.0 Å². The fourth-order valence-corrected chi connectivity index (χ4v) is 2.41. The molecular formula is C14H16N2O. The molecule has 0 saturated heterocycles. The Kier molecular flexibility index (Phi) is 2.77. The Labute approximate surface area is 99.8 Å². The van der Waals surface area contributed by atoms with Crippen molar-refractivity contribution >= 4 is 27.5 Å². The number of nitrogens with two attached hydrogens (primary N) is 1. The van der Waals surface area contributed by atoms with E-state index in [0.29, 0.717) is 0 Å². The summed E-state index contributed by atoms with van der Waals surface area (Å²) >= 11 is 0. The van der Waals surface area contributed by atoms with Gasteiger partial charge >= 0.3 is 0 Å². The van der Waals surface area contributed by atoms with Gasteiger partial charge in [-0.15, -0.1) is 0 Å². The van der Waals surface area contributed by atoms with E-state index in [9.17, 15) is 0 Å². The Morgan fingerprint density at radius 2 is 1.71 bits per heavy atom. The first-order valence-electron chi connectivity index (χ1n) is 5.57. The van der Waals surface area contributed by atoms with Crippen LogP contribution >= 0.6 is 0 Å². The molecule has 17 heavy (non-hydrogen) atoms. The van der Waals surface area contributed by atoms with Crippen LogP contribution in [0.1, 0.15) is 6.92 Å². The zero-order valence-corrected chi connectivity index (χ0v) is 9.77. The van der Waals surface area contributed by atoms with Gasteiger partial charge in [-0.05, 0) is 31.2 Å². The molecule has 3 heteroatoms. The number of aryl methyl sites for hydroxylation is 1. The Morgan fingerprint density at radius 3 is 2.47 bits per heavy atom. The number of nitrogens with zero attached hydrogens (tertiary/aromatic N) is 1. The van der Waals surface area contributed by atoms with Crippen LogP contribution in [0.2, 0.25) is 0 Å². The van der Waals surface area contributed by atoms with Crippen molar-refractivity contribution in [3.63, 3.8) is 0 Å². The van der Waals surface area contributed by atoms with Crippen LogP contribution in [-0.2, 0) is 6.54 Å². The lowest BCUT2D eigenvalue weighted by molar-refractivity contribution is 0.824. The van der Waals surface area contributed by atoms with Crippen molar-refractivity contribution in [2.75, 3.05) is 5.73 Å². The molecule has 3 nitrogen and oxygen atoms in total. The SMILES string of the molecule is CCn1c2ccccc2c2cc(N)ccc21.O. The Hall–Kier alpha value is -2.00. The number of hydrogen-bond acceptors (Lipinski definition) is 1. The molecule has 0 aliphatic carbocycles. The molecule has 0 fully saturated rings. The minimum Gasteiger partial charge on any atom is -0.412 e. The lowest BCUT2D eigenvalue weighted by Gasteiger charge is -2.02. The summed E-state index contributed by atoms with van der Waals surface area (Å²) in [6.07, 6.45) is 0. The molecule has 1 aromatic heterocycles. The van der Waals surface area contributed by atoms with Gasteiger partial charge in [-0.3, -0.25) is 0 Å². The van der Waals surface area contributed by atoms with Crippen molar-refractivity contribution in [1.29, 1.82) is 0 Å². The molecule has 0 radical (unpaired) electrons. The number of anilines is 1. The summed E-state index contributed by atoms with van der Waals surface area (Å²) in [6, 6.07) is 14.6. The zero-order valence-electron chi connectivity index (χ0n) is 9.77. The van der Waals surface area contributed by atoms with Crippen LogP contribution in [0.25, 0.3) is 21.8 Å². The van der Waals surface area contributed by atoms with E-state index >= 15 is 0 Å². The van der Waals surface area contributed by atoms with Gasteiger partial charge in [0.15, 0.2) is 0 Å². The summed E-state index contributed by atoms with van der Waals surface area (Å²) < 4.78 is 2.32. The van der Waals surface area contributed by atoms with Crippen molar-refractivity contribution < 1.29 is 5.48 Å². The molecule has 0 amide bonds. The first-order chi connectivity index (χ1) is 7.81. The summed E-state index contributed by atoms with van der Waals surface area (Å²) in [5.74, 6) is 0. The molecule has 0 atom stereocenters. The van der Waals surface area contributed by atoms with Crippen molar-refractivity contribution in [2.24, 2.45) is 0 Å². The lowest BCUT2D eigenvalue weighted by Crippen LogP contribution is -1.92. The van der Waals surface area contributed by atoms with E-state index < -0.39 is 0 Å².